The third kappa shape index (κ3) is 4.11. The molecule has 0 saturated heterocycles. The van der Waals surface area contributed by atoms with Crippen LogP contribution < -0.4 is 5.32 Å². The van der Waals surface area contributed by atoms with E-state index in [0.29, 0.717) is 16.5 Å². The average Bonchev–Trinajstić information content (AvgIpc) is 3.12. The first-order valence-electron chi connectivity index (χ1n) is 9.08. The quantitative estimate of drug-likeness (QED) is 0.568. The molecular weight excluding hydrogens is 379 g/mol. The molecule has 0 unspecified atom stereocenters. The van der Waals surface area contributed by atoms with E-state index < -0.39 is 0 Å². The molecule has 2 aromatic carbocycles. The number of anilines is 2. The van der Waals surface area contributed by atoms with Gasteiger partial charge in [-0.2, -0.15) is 0 Å². The van der Waals surface area contributed by atoms with Crippen LogP contribution in [0, 0.1) is 0 Å². The van der Waals surface area contributed by atoms with Crippen molar-refractivity contribution in [1.82, 2.24) is 4.98 Å². The Morgan fingerprint density at radius 3 is 2.41 bits per heavy atom. The topological polar surface area (TPSA) is 45.1 Å². The number of hydrogen-bond donors (Lipinski definition) is 2. The highest BCUT2D eigenvalue weighted by Crippen LogP contribution is 2.35. The maximum absolute atomic E-state index is 9.07. The van der Waals surface area contributed by atoms with Crippen molar-refractivity contribution in [2.24, 2.45) is 0 Å². The molecule has 0 atom stereocenters. The summed E-state index contributed by atoms with van der Waals surface area (Å²) in [6.07, 6.45) is 3.81. The van der Waals surface area contributed by atoms with Gasteiger partial charge < -0.3 is 10.4 Å². The van der Waals surface area contributed by atoms with Gasteiger partial charge in [-0.25, -0.2) is 0 Å². The average molecular weight is 399 g/mol. The van der Waals surface area contributed by atoms with Gasteiger partial charge in [0.15, 0.2) is 0 Å². The van der Waals surface area contributed by atoms with Crippen LogP contribution >= 0.6 is 23.2 Å². The molecule has 3 aromatic rings. The third-order valence-electron chi connectivity index (χ3n) is 4.84. The van der Waals surface area contributed by atoms with Gasteiger partial charge in [0.25, 0.3) is 0 Å². The largest absolute Gasteiger partial charge is 0.396 e. The lowest BCUT2D eigenvalue weighted by Crippen LogP contribution is -2.00. The molecule has 3 nitrogen and oxygen atoms in total. The number of nitrogens with one attached hydrogen (secondary N) is 1. The Bertz CT molecular complexity index is 951. The van der Waals surface area contributed by atoms with Crippen molar-refractivity contribution in [3.63, 3.8) is 0 Å². The zero-order valence-corrected chi connectivity index (χ0v) is 16.3. The molecule has 0 spiro atoms. The van der Waals surface area contributed by atoms with Gasteiger partial charge in [0.1, 0.15) is 0 Å². The smallest absolute Gasteiger partial charge is 0.0727 e. The summed E-state index contributed by atoms with van der Waals surface area (Å²) in [4.78, 5) is 4.86. The molecule has 27 heavy (non-hydrogen) atoms. The monoisotopic (exact) mass is 398 g/mol. The number of aliphatic hydroxyl groups is 1. The van der Waals surface area contributed by atoms with Crippen LogP contribution in [0.2, 0.25) is 10.0 Å². The summed E-state index contributed by atoms with van der Waals surface area (Å²) in [6.45, 7) is 0.163. The van der Waals surface area contributed by atoms with Crippen LogP contribution in [0.15, 0.2) is 48.5 Å². The van der Waals surface area contributed by atoms with E-state index in [4.69, 9.17) is 33.3 Å². The SMILES string of the molecule is OCCc1ccc(Nc2cc(-c3cc(Cl)cc(Cl)c3)nc3c2CCC3)cc1. The Hall–Kier alpha value is -2.07. The van der Waals surface area contributed by atoms with Gasteiger partial charge in [-0.15, -0.1) is 0 Å². The molecular formula is C22H20Cl2N2O. The minimum atomic E-state index is 0.163. The van der Waals surface area contributed by atoms with Gasteiger partial charge in [0, 0.05) is 39.3 Å². The molecule has 1 aromatic heterocycles. The fourth-order valence-electron chi connectivity index (χ4n) is 3.54. The summed E-state index contributed by atoms with van der Waals surface area (Å²) >= 11 is 12.4. The Morgan fingerprint density at radius 2 is 1.70 bits per heavy atom. The third-order valence-corrected chi connectivity index (χ3v) is 5.28. The molecule has 0 radical (unpaired) electrons. The lowest BCUT2D eigenvalue weighted by atomic mass is 10.1. The van der Waals surface area contributed by atoms with E-state index in [1.165, 1.54) is 5.56 Å². The number of fused-ring (bicyclic) bond motifs is 1. The van der Waals surface area contributed by atoms with Gasteiger partial charge >= 0.3 is 0 Å². The molecule has 0 bridgehead atoms. The molecule has 0 aliphatic heterocycles. The molecule has 5 heteroatoms. The van der Waals surface area contributed by atoms with Crippen LogP contribution in [-0.4, -0.2) is 16.7 Å². The predicted molar refractivity (Wildman–Crippen MR) is 112 cm³/mol. The van der Waals surface area contributed by atoms with Crippen molar-refractivity contribution < 1.29 is 5.11 Å². The maximum Gasteiger partial charge on any atom is 0.0727 e. The van der Waals surface area contributed by atoms with Gasteiger partial charge in [-0.3, -0.25) is 4.98 Å². The summed E-state index contributed by atoms with van der Waals surface area (Å²) < 4.78 is 0. The fraction of sp³-hybridized carbons (Fsp3) is 0.227. The van der Waals surface area contributed by atoms with Gasteiger partial charge in [-0.05, 0) is 73.2 Å². The van der Waals surface area contributed by atoms with Gasteiger partial charge in [0.2, 0.25) is 0 Å². The van der Waals surface area contributed by atoms with Crippen molar-refractivity contribution in [2.45, 2.75) is 25.7 Å². The summed E-state index contributed by atoms with van der Waals surface area (Å²) in [5.74, 6) is 0. The van der Waals surface area contributed by atoms with Crippen molar-refractivity contribution in [1.29, 1.82) is 0 Å². The number of halogens is 2. The number of aryl methyl sites for hydroxylation is 1. The summed E-state index contributed by atoms with van der Waals surface area (Å²) in [5.41, 5.74) is 7.44. The Morgan fingerprint density at radius 1 is 0.963 bits per heavy atom. The molecule has 138 valence electrons. The Kier molecular flexibility index (Phi) is 5.35. The van der Waals surface area contributed by atoms with Crippen LogP contribution in [0.4, 0.5) is 11.4 Å². The summed E-state index contributed by atoms with van der Waals surface area (Å²) in [7, 11) is 0. The van der Waals surface area contributed by atoms with E-state index in [1.54, 1.807) is 6.07 Å². The van der Waals surface area contributed by atoms with E-state index >= 15 is 0 Å². The van der Waals surface area contributed by atoms with Crippen molar-refractivity contribution in [2.75, 3.05) is 11.9 Å². The number of aromatic nitrogens is 1. The molecule has 1 aliphatic rings. The molecule has 2 N–H and O–H groups in total. The van der Waals surface area contributed by atoms with Gasteiger partial charge in [-0.1, -0.05) is 35.3 Å². The molecule has 0 saturated carbocycles. The lowest BCUT2D eigenvalue weighted by molar-refractivity contribution is 0.299. The summed E-state index contributed by atoms with van der Waals surface area (Å²) in [5, 5.41) is 13.8. The first kappa shape index (κ1) is 18.3. The maximum atomic E-state index is 9.07. The van der Waals surface area contributed by atoms with E-state index in [2.05, 4.69) is 11.4 Å². The predicted octanol–water partition coefficient (Wildman–Crippen LogP) is 5.82. The second-order valence-corrected chi connectivity index (χ2v) is 7.66. The van der Waals surface area contributed by atoms with E-state index in [0.717, 1.165) is 53.2 Å². The number of pyridine rings is 1. The standard InChI is InChI=1S/C22H20Cl2N2O/c23-16-10-15(11-17(24)12-16)21-13-22(19-2-1-3-20(19)26-21)25-18-6-4-14(5-7-18)8-9-27/h4-7,10-13,27H,1-3,8-9H2,(H,25,26). The zero-order chi connectivity index (χ0) is 18.8. The molecule has 0 fully saturated rings. The van der Waals surface area contributed by atoms with Gasteiger partial charge in [0.05, 0.1) is 5.69 Å². The Balaban J connectivity index is 1.70. The first-order valence-corrected chi connectivity index (χ1v) is 9.84. The summed E-state index contributed by atoms with van der Waals surface area (Å²) in [6, 6.07) is 15.8. The number of benzene rings is 2. The number of rotatable bonds is 5. The van der Waals surface area contributed by atoms with Crippen molar-refractivity contribution in [3.8, 4) is 11.3 Å². The first-order chi connectivity index (χ1) is 13.1. The molecule has 0 amide bonds. The fourth-order valence-corrected chi connectivity index (χ4v) is 4.07. The second kappa shape index (κ2) is 7.89. The second-order valence-electron chi connectivity index (χ2n) is 6.79. The minimum Gasteiger partial charge on any atom is -0.396 e. The van der Waals surface area contributed by atoms with Crippen LogP contribution in [0.5, 0.6) is 0 Å². The highest BCUT2D eigenvalue weighted by Gasteiger charge is 2.19. The molecule has 1 aliphatic carbocycles. The van der Waals surface area contributed by atoms with E-state index in [-0.39, 0.29) is 6.61 Å². The lowest BCUT2D eigenvalue weighted by Gasteiger charge is -2.14. The highest BCUT2D eigenvalue weighted by atomic mass is 35.5. The van der Waals surface area contributed by atoms with Crippen LogP contribution in [0.3, 0.4) is 0 Å². The van der Waals surface area contributed by atoms with Crippen molar-refractivity contribution in [3.05, 3.63) is 75.4 Å². The van der Waals surface area contributed by atoms with E-state index in [9.17, 15) is 0 Å². The van der Waals surface area contributed by atoms with Crippen LogP contribution in [0.1, 0.15) is 23.2 Å². The highest BCUT2D eigenvalue weighted by molar-refractivity contribution is 6.35. The minimum absolute atomic E-state index is 0.163. The molecule has 1 heterocycles. The molecule has 4 rings (SSSR count). The van der Waals surface area contributed by atoms with E-state index in [1.807, 2.05) is 36.4 Å². The number of nitrogens with zero attached hydrogens (tertiary/aromatic N) is 1. The van der Waals surface area contributed by atoms with Crippen LogP contribution in [-0.2, 0) is 19.3 Å². The zero-order valence-electron chi connectivity index (χ0n) is 14.8. The number of aliphatic hydroxyl groups excluding tert-OH is 1. The normalized spacial score (nSPS) is 12.9. The van der Waals surface area contributed by atoms with Crippen LogP contribution in [0.25, 0.3) is 11.3 Å². The Labute approximate surface area is 169 Å². The van der Waals surface area contributed by atoms with Crippen molar-refractivity contribution >= 4 is 34.6 Å². The number of hydrogen-bond acceptors (Lipinski definition) is 3.